The number of methoxy groups -OCH3 is 1. The molecule has 0 fully saturated rings. The fourth-order valence-corrected chi connectivity index (χ4v) is 1.02. The van der Waals surface area contributed by atoms with Crippen molar-refractivity contribution < 1.29 is 14.3 Å². The Morgan fingerprint density at radius 3 is 2.47 bits per heavy atom. The van der Waals surface area contributed by atoms with Gasteiger partial charge in [-0.25, -0.2) is 4.79 Å². The fraction of sp³-hybridized carbons (Fsp3) is 0.364. The highest BCUT2D eigenvalue weighted by Gasteiger charge is 2.00. The summed E-state index contributed by atoms with van der Waals surface area (Å²) in [6.07, 6.45) is 1.50. The Labute approximate surface area is 88.5 Å². The molecule has 0 amide bonds. The molecular weight excluding hydrogens is 194 g/mol. The molecule has 4 heteroatoms. The maximum Gasteiger partial charge on any atom is 0.235 e. The molecule has 4 nitrogen and oxygen atoms in total. The van der Waals surface area contributed by atoms with Gasteiger partial charge >= 0.3 is 0 Å². The number of ether oxygens (including phenoxy) is 2. The molecule has 1 atom stereocenters. The van der Waals surface area contributed by atoms with E-state index >= 15 is 0 Å². The molecule has 80 valence electrons. The van der Waals surface area contributed by atoms with Crippen LogP contribution in [0.4, 0.5) is 0 Å². The lowest BCUT2D eigenvalue weighted by molar-refractivity contribution is 0.296. The Kier molecular flexibility index (Phi) is 4.38. The van der Waals surface area contributed by atoms with Gasteiger partial charge in [0.15, 0.2) is 0 Å². The van der Waals surface area contributed by atoms with Crippen molar-refractivity contribution in [3.63, 3.8) is 0 Å². The molecule has 0 aliphatic carbocycles. The van der Waals surface area contributed by atoms with Crippen LogP contribution in [0.5, 0.6) is 11.5 Å². The van der Waals surface area contributed by atoms with Gasteiger partial charge in [-0.15, -0.1) is 0 Å². The minimum atomic E-state index is -0.176. The third-order valence-corrected chi connectivity index (χ3v) is 1.82. The van der Waals surface area contributed by atoms with Crippen molar-refractivity contribution in [2.24, 2.45) is 4.99 Å². The summed E-state index contributed by atoms with van der Waals surface area (Å²) in [7, 11) is 1.61. The predicted octanol–water partition coefficient (Wildman–Crippen LogP) is 1.80. The zero-order valence-electron chi connectivity index (χ0n) is 8.77. The average molecular weight is 207 g/mol. The Morgan fingerprint density at radius 2 is 1.93 bits per heavy atom. The van der Waals surface area contributed by atoms with Crippen LogP contribution in [0.25, 0.3) is 0 Å². The van der Waals surface area contributed by atoms with E-state index in [9.17, 15) is 4.79 Å². The standard InChI is InChI=1S/C11H13NO3/c1-9(12-8-13)7-15-11-5-3-10(14-2)4-6-11/h3-6,9H,7H2,1-2H3. The van der Waals surface area contributed by atoms with Gasteiger partial charge in [-0.1, -0.05) is 0 Å². The number of nitrogens with zero attached hydrogens (tertiary/aromatic N) is 1. The Balaban J connectivity index is 2.47. The van der Waals surface area contributed by atoms with Crippen molar-refractivity contribution in [2.75, 3.05) is 13.7 Å². The van der Waals surface area contributed by atoms with Crippen LogP contribution in [-0.4, -0.2) is 25.8 Å². The third-order valence-electron chi connectivity index (χ3n) is 1.82. The number of carbonyl (C=O) groups excluding carboxylic acids is 1. The van der Waals surface area contributed by atoms with Crippen LogP contribution in [0, 0.1) is 0 Å². The number of rotatable bonds is 5. The van der Waals surface area contributed by atoms with Crippen molar-refractivity contribution >= 4 is 6.08 Å². The molecule has 0 heterocycles. The summed E-state index contributed by atoms with van der Waals surface area (Å²) in [6, 6.07) is 7.04. The van der Waals surface area contributed by atoms with Gasteiger partial charge in [-0.2, -0.15) is 4.99 Å². The Bertz CT molecular complexity index is 341. The van der Waals surface area contributed by atoms with Gasteiger partial charge in [-0.3, -0.25) is 0 Å². The fourth-order valence-electron chi connectivity index (χ4n) is 1.02. The molecule has 0 spiro atoms. The molecule has 0 saturated carbocycles. The molecule has 15 heavy (non-hydrogen) atoms. The van der Waals surface area contributed by atoms with Crippen LogP contribution in [0.2, 0.25) is 0 Å². The summed E-state index contributed by atoms with van der Waals surface area (Å²) in [6.45, 7) is 2.15. The third kappa shape index (κ3) is 3.83. The molecule has 0 N–H and O–H groups in total. The van der Waals surface area contributed by atoms with Gasteiger partial charge in [0.2, 0.25) is 6.08 Å². The molecule has 1 rings (SSSR count). The second-order valence-electron chi connectivity index (χ2n) is 3.06. The summed E-state index contributed by atoms with van der Waals surface area (Å²) in [4.78, 5) is 13.5. The van der Waals surface area contributed by atoms with Gasteiger partial charge in [0.1, 0.15) is 18.1 Å². The first-order valence-electron chi connectivity index (χ1n) is 4.60. The summed E-state index contributed by atoms with van der Waals surface area (Å²) in [5, 5.41) is 0. The van der Waals surface area contributed by atoms with E-state index in [1.807, 2.05) is 12.1 Å². The van der Waals surface area contributed by atoms with E-state index in [0.29, 0.717) is 6.61 Å². The lowest BCUT2D eigenvalue weighted by Gasteiger charge is -2.08. The molecule has 0 saturated heterocycles. The molecule has 1 unspecified atom stereocenters. The quantitative estimate of drug-likeness (QED) is 0.546. The lowest BCUT2D eigenvalue weighted by Crippen LogP contribution is -2.11. The van der Waals surface area contributed by atoms with Crippen molar-refractivity contribution in [3.05, 3.63) is 24.3 Å². The van der Waals surface area contributed by atoms with E-state index in [4.69, 9.17) is 9.47 Å². The van der Waals surface area contributed by atoms with Crippen LogP contribution in [0.3, 0.4) is 0 Å². The topological polar surface area (TPSA) is 47.9 Å². The molecule has 1 aromatic carbocycles. The highest BCUT2D eigenvalue weighted by molar-refractivity contribution is 5.33. The van der Waals surface area contributed by atoms with Crippen LogP contribution in [0.15, 0.2) is 29.3 Å². The SMILES string of the molecule is COc1ccc(OCC(C)N=C=O)cc1. The molecule has 0 aromatic heterocycles. The molecule has 0 aliphatic rings. The maximum atomic E-state index is 9.95. The number of aliphatic imine (C=N–C) groups is 1. The summed E-state index contributed by atoms with van der Waals surface area (Å²) in [5.41, 5.74) is 0. The van der Waals surface area contributed by atoms with E-state index in [0.717, 1.165) is 11.5 Å². The zero-order valence-corrected chi connectivity index (χ0v) is 8.77. The van der Waals surface area contributed by atoms with Crippen LogP contribution >= 0.6 is 0 Å². The summed E-state index contributed by atoms with van der Waals surface area (Å²) < 4.78 is 10.4. The van der Waals surface area contributed by atoms with Crippen LogP contribution in [-0.2, 0) is 4.79 Å². The monoisotopic (exact) mass is 207 g/mol. The van der Waals surface area contributed by atoms with Gasteiger partial charge in [0.25, 0.3) is 0 Å². The van der Waals surface area contributed by atoms with Gasteiger partial charge in [-0.05, 0) is 31.2 Å². The number of hydrogen-bond donors (Lipinski definition) is 0. The van der Waals surface area contributed by atoms with Crippen molar-refractivity contribution in [1.29, 1.82) is 0 Å². The number of benzene rings is 1. The Hall–Kier alpha value is -1.80. The van der Waals surface area contributed by atoms with E-state index in [-0.39, 0.29) is 6.04 Å². The number of isocyanates is 1. The van der Waals surface area contributed by atoms with Crippen molar-refractivity contribution in [3.8, 4) is 11.5 Å². The summed E-state index contributed by atoms with van der Waals surface area (Å²) >= 11 is 0. The number of hydrogen-bond acceptors (Lipinski definition) is 4. The first-order valence-corrected chi connectivity index (χ1v) is 4.60. The second-order valence-corrected chi connectivity index (χ2v) is 3.06. The largest absolute Gasteiger partial charge is 0.497 e. The zero-order chi connectivity index (χ0) is 11.1. The molecule has 0 bridgehead atoms. The molecular formula is C11H13NO3. The van der Waals surface area contributed by atoms with Gasteiger partial charge in [0.05, 0.1) is 13.2 Å². The molecule has 0 aliphatic heterocycles. The highest BCUT2D eigenvalue weighted by atomic mass is 16.5. The van der Waals surface area contributed by atoms with Gasteiger partial charge < -0.3 is 9.47 Å². The predicted molar refractivity (Wildman–Crippen MR) is 56.1 cm³/mol. The normalized spacial score (nSPS) is 11.3. The minimum absolute atomic E-state index is 0.176. The first kappa shape index (κ1) is 11.3. The molecule has 0 radical (unpaired) electrons. The lowest BCUT2D eigenvalue weighted by atomic mass is 10.3. The van der Waals surface area contributed by atoms with Crippen molar-refractivity contribution in [1.82, 2.24) is 0 Å². The van der Waals surface area contributed by atoms with Crippen LogP contribution < -0.4 is 9.47 Å². The van der Waals surface area contributed by atoms with Gasteiger partial charge in [0, 0.05) is 0 Å². The van der Waals surface area contributed by atoms with E-state index < -0.39 is 0 Å². The van der Waals surface area contributed by atoms with E-state index in [1.165, 1.54) is 6.08 Å². The van der Waals surface area contributed by atoms with E-state index in [2.05, 4.69) is 4.99 Å². The van der Waals surface area contributed by atoms with Crippen molar-refractivity contribution in [2.45, 2.75) is 13.0 Å². The highest BCUT2D eigenvalue weighted by Crippen LogP contribution is 2.17. The maximum absolute atomic E-state index is 9.95. The first-order chi connectivity index (χ1) is 7.26. The minimum Gasteiger partial charge on any atom is -0.497 e. The smallest absolute Gasteiger partial charge is 0.235 e. The average Bonchev–Trinajstić information content (AvgIpc) is 2.27. The summed E-state index contributed by atoms with van der Waals surface area (Å²) in [5.74, 6) is 1.50. The van der Waals surface area contributed by atoms with Crippen LogP contribution in [0.1, 0.15) is 6.92 Å². The van der Waals surface area contributed by atoms with E-state index in [1.54, 1.807) is 26.2 Å². The Morgan fingerprint density at radius 1 is 1.33 bits per heavy atom. The molecule has 1 aromatic rings. The second kappa shape index (κ2) is 5.83.